The van der Waals surface area contributed by atoms with E-state index in [1.165, 1.54) is 12.1 Å². The van der Waals surface area contributed by atoms with Crippen LogP contribution >= 0.6 is 0 Å². The van der Waals surface area contributed by atoms with Crippen LogP contribution in [0.1, 0.15) is 10.4 Å². The molecule has 0 aliphatic rings. The van der Waals surface area contributed by atoms with Gasteiger partial charge in [-0.25, -0.2) is 0 Å². The van der Waals surface area contributed by atoms with Crippen molar-refractivity contribution in [2.24, 2.45) is 0 Å². The zero-order valence-electron chi connectivity index (χ0n) is 7.14. The maximum Gasteiger partial charge on any atom is 0.322 e. The second kappa shape index (κ2) is 4.22. The molecule has 0 aliphatic heterocycles. The van der Waals surface area contributed by atoms with E-state index >= 15 is 0 Å². The number of hydrogen-bond acceptors (Lipinski definition) is 3. The molecule has 6 heteroatoms. The number of carbonyl (C=O) groups is 2. The highest BCUT2D eigenvalue weighted by molar-refractivity contribution is 5.95. The smallest absolute Gasteiger partial charge is 0.322 e. The third-order valence-corrected chi connectivity index (χ3v) is 1.46. The number of aliphatic carboxylic acids is 1. The van der Waals surface area contributed by atoms with Crippen molar-refractivity contribution in [2.45, 2.75) is 0 Å². The van der Waals surface area contributed by atoms with Crippen LogP contribution in [-0.2, 0) is 4.79 Å². The molecule has 0 radical (unpaired) electrons. The monoisotopic (exact) mass is 196 g/mol. The Hall–Kier alpha value is -2.11. The highest BCUT2D eigenvalue weighted by Gasteiger charge is 2.07. The molecule has 1 heterocycles. The number of rotatable bonds is 3. The summed E-state index contributed by atoms with van der Waals surface area (Å²) in [5, 5.41) is 21.1. The predicted molar refractivity (Wildman–Crippen MR) is 45.4 cm³/mol. The number of nitrogens with zero attached hydrogens (tertiary/aromatic N) is 1. The number of carboxylic acid groups (broad SMARTS) is 1. The molecule has 74 valence electrons. The zero-order chi connectivity index (χ0) is 10.6. The molecule has 0 unspecified atom stereocenters. The first-order valence-electron chi connectivity index (χ1n) is 3.78. The van der Waals surface area contributed by atoms with Gasteiger partial charge in [0.1, 0.15) is 6.54 Å². The summed E-state index contributed by atoms with van der Waals surface area (Å²) in [6, 6.07) is 2.62. The highest BCUT2D eigenvalue weighted by atomic mass is 16.5. The molecule has 6 nitrogen and oxygen atoms in total. The number of carboxylic acids is 1. The van der Waals surface area contributed by atoms with Gasteiger partial charge in [-0.05, 0) is 0 Å². The molecule has 0 saturated heterocycles. The van der Waals surface area contributed by atoms with E-state index in [0.29, 0.717) is 4.73 Å². The third kappa shape index (κ3) is 2.74. The lowest BCUT2D eigenvalue weighted by Crippen LogP contribution is -2.30. The van der Waals surface area contributed by atoms with Crippen LogP contribution in [0.5, 0.6) is 0 Å². The summed E-state index contributed by atoms with van der Waals surface area (Å²) in [7, 11) is 0. The minimum absolute atomic E-state index is 0.248. The third-order valence-electron chi connectivity index (χ3n) is 1.46. The molecule has 0 spiro atoms. The number of pyridine rings is 1. The van der Waals surface area contributed by atoms with Crippen LogP contribution in [0.25, 0.3) is 0 Å². The van der Waals surface area contributed by atoms with E-state index in [2.05, 4.69) is 5.32 Å². The molecule has 14 heavy (non-hydrogen) atoms. The van der Waals surface area contributed by atoms with Crippen molar-refractivity contribution in [3.8, 4) is 0 Å². The van der Waals surface area contributed by atoms with Crippen LogP contribution in [0, 0.1) is 5.21 Å². The normalized spacial score (nSPS) is 9.43. The van der Waals surface area contributed by atoms with Gasteiger partial charge in [0.25, 0.3) is 5.91 Å². The van der Waals surface area contributed by atoms with E-state index in [0.717, 1.165) is 12.4 Å². The molecule has 1 aromatic heterocycles. The van der Waals surface area contributed by atoms with Gasteiger partial charge < -0.3 is 15.6 Å². The van der Waals surface area contributed by atoms with E-state index in [1.807, 2.05) is 0 Å². The summed E-state index contributed by atoms with van der Waals surface area (Å²) < 4.78 is 0.536. The number of carbonyl (C=O) groups excluding carboxylic acids is 1. The van der Waals surface area contributed by atoms with Gasteiger partial charge in [0.2, 0.25) is 0 Å². The molecule has 1 amide bonds. The summed E-state index contributed by atoms with van der Waals surface area (Å²) in [4.78, 5) is 21.3. The average Bonchev–Trinajstić information content (AvgIpc) is 2.15. The van der Waals surface area contributed by atoms with Crippen molar-refractivity contribution in [1.82, 2.24) is 5.32 Å². The maximum absolute atomic E-state index is 11.2. The van der Waals surface area contributed by atoms with Crippen LogP contribution < -0.4 is 10.0 Å². The zero-order valence-corrected chi connectivity index (χ0v) is 7.14. The van der Waals surface area contributed by atoms with Crippen LogP contribution in [0.4, 0.5) is 0 Å². The van der Waals surface area contributed by atoms with Crippen LogP contribution in [0.15, 0.2) is 24.5 Å². The number of hydrogen-bond donors (Lipinski definition) is 2. The van der Waals surface area contributed by atoms with Crippen molar-refractivity contribution in [3.63, 3.8) is 0 Å². The van der Waals surface area contributed by atoms with Crippen LogP contribution in [0.3, 0.4) is 0 Å². The van der Waals surface area contributed by atoms with E-state index < -0.39 is 18.4 Å². The molecule has 0 atom stereocenters. The summed E-state index contributed by atoms with van der Waals surface area (Å²) in [6.45, 7) is -0.439. The number of nitrogens with one attached hydrogen (secondary N) is 1. The van der Waals surface area contributed by atoms with Crippen molar-refractivity contribution in [2.75, 3.05) is 6.54 Å². The van der Waals surface area contributed by atoms with Gasteiger partial charge in [-0.3, -0.25) is 9.59 Å². The van der Waals surface area contributed by atoms with E-state index in [1.54, 1.807) is 0 Å². The lowest BCUT2D eigenvalue weighted by atomic mass is 10.2. The second-order valence-corrected chi connectivity index (χ2v) is 2.52. The largest absolute Gasteiger partial charge is 0.619 e. The predicted octanol–water partition coefficient (Wildman–Crippen LogP) is -0.866. The van der Waals surface area contributed by atoms with Crippen LogP contribution in [-0.4, -0.2) is 23.5 Å². The summed E-state index contributed by atoms with van der Waals surface area (Å²) >= 11 is 0. The van der Waals surface area contributed by atoms with E-state index in [4.69, 9.17) is 5.11 Å². The summed E-state index contributed by atoms with van der Waals surface area (Å²) in [5.41, 5.74) is 0.248. The standard InChI is InChI=1S/C8H8N2O4/c11-7(12)5-9-8(13)6-1-3-10(14)4-2-6/h1-4H,5H2,(H,9,13)(H,11,12). The fraction of sp³-hybridized carbons (Fsp3) is 0.125. The fourth-order valence-corrected chi connectivity index (χ4v) is 0.822. The Morgan fingerprint density at radius 1 is 1.43 bits per heavy atom. The Morgan fingerprint density at radius 2 is 2.00 bits per heavy atom. The van der Waals surface area contributed by atoms with Gasteiger partial charge >= 0.3 is 5.97 Å². The molecule has 2 N–H and O–H groups in total. The highest BCUT2D eigenvalue weighted by Crippen LogP contribution is 1.93. The van der Waals surface area contributed by atoms with Gasteiger partial charge in [0.05, 0.1) is 5.56 Å². The van der Waals surface area contributed by atoms with Gasteiger partial charge in [0, 0.05) is 12.1 Å². The number of amides is 1. The quantitative estimate of drug-likeness (QED) is 0.485. The molecular formula is C8H8N2O4. The van der Waals surface area contributed by atoms with Gasteiger partial charge in [-0.1, -0.05) is 0 Å². The summed E-state index contributed by atoms with van der Waals surface area (Å²) in [5.74, 6) is -1.64. The van der Waals surface area contributed by atoms with E-state index in [9.17, 15) is 14.8 Å². The molecule has 0 fully saturated rings. The van der Waals surface area contributed by atoms with Crippen molar-refractivity contribution < 1.29 is 19.4 Å². The molecule has 1 rings (SSSR count). The first kappa shape index (κ1) is 9.97. The lowest BCUT2D eigenvalue weighted by Gasteiger charge is -2.01. The molecular weight excluding hydrogens is 188 g/mol. The Bertz CT molecular complexity index is 347. The first-order valence-corrected chi connectivity index (χ1v) is 3.78. The molecule has 0 aliphatic carbocycles. The van der Waals surface area contributed by atoms with Crippen molar-refractivity contribution in [1.29, 1.82) is 0 Å². The fourth-order valence-electron chi connectivity index (χ4n) is 0.822. The van der Waals surface area contributed by atoms with Crippen molar-refractivity contribution in [3.05, 3.63) is 35.3 Å². The second-order valence-electron chi connectivity index (χ2n) is 2.52. The minimum Gasteiger partial charge on any atom is -0.619 e. The Morgan fingerprint density at radius 3 is 2.50 bits per heavy atom. The van der Waals surface area contributed by atoms with Gasteiger partial charge in [0.15, 0.2) is 12.4 Å². The Balaban J connectivity index is 2.61. The first-order chi connectivity index (χ1) is 6.59. The van der Waals surface area contributed by atoms with Gasteiger partial charge in [-0.15, -0.1) is 0 Å². The average molecular weight is 196 g/mol. The SMILES string of the molecule is O=C(O)CNC(=O)c1cc[n+]([O-])cc1. The van der Waals surface area contributed by atoms with E-state index in [-0.39, 0.29) is 5.56 Å². The number of aromatic nitrogens is 1. The van der Waals surface area contributed by atoms with Crippen LogP contribution in [0.2, 0.25) is 0 Å². The molecule has 0 bridgehead atoms. The van der Waals surface area contributed by atoms with Gasteiger partial charge in [-0.2, -0.15) is 4.73 Å². The Labute approximate surface area is 79.4 Å². The van der Waals surface area contributed by atoms with Crippen molar-refractivity contribution >= 4 is 11.9 Å². The molecule has 0 aromatic carbocycles. The summed E-state index contributed by atoms with van der Waals surface area (Å²) in [6.07, 6.45) is 2.32. The molecule has 0 saturated carbocycles. The lowest BCUT2D eigenvalue weighted by molar-refractivity contribution is -0.605. The minimum atomic E-state index is -1.12. The maximum atomic E-state index is 11.2. The topological polar surface area (TPSA) is 93.3 Å². The Kier molecular flexibility index (Phi) is 3.01. The molecule has 1 aromatic rings.